The monoisotopic (exact) mass is 233 g/mol. The zero-order valence-electron chi connectivity index (χ0n) is 10.1. The maximum atomic E-state index is 2.62. The van der Waals surface area contributed by atoms with Crippen LogP contribution in [0.3, 0.4) is 0 Å². The van der Waals surface area contributed by atoms with Crippen LogP contribution < -0.4 is 12.4 Å². The number of rotatable bonds is 4. The van der Waals surface area contributed by atoms with Crippen LogP contribution in [0.2, 0.25) is 0 Å². The van der Waals surface area contributed by atoms with Crippen LogP contribution in [0.5, 0.6) is 0 Å². The fourth-order valence-electron chi connectivity index (χ4n) is 2.79. The summed E-state index contributed by atoms with van der Waals surface area (Å²) in [7, 11) is 4.35. The second-order valence-corrected chi connectivity index (χ2v) is 5.23. The molecule has 0 N–H and O–H groups in total. The topological polar surface area (TPSA) is 6.48 Å². The molecule has 3 aliphatic rings. The molecule has 4 heteroatoms. The number of halogens is 1. The van der Waals surface area contributed by atoms with Gasteiger partial charge in [-0.25, -0.2) is 0 Å². The highest BCUT2D eigenvalue weighted by molar-refractivity contribution is 4.70. The van der Waals surface area contributed by atoms with E-state index in [1.54, 1.807) is 0 Å². The number of nitrogens with zero attached hydrogens (tertiary/aromatic N) is 3. The van der Waals surface area contributed by atoms with Crippen LogP contribution in [0, 0.1) is 0 Å². The zero-order valence-corrected chi connectivity index (χ0v) is 10.8. The second kappa shape index (κ2) is 5.48. The Bertz CT molecular complexity index is 174. The number of hydrogen-bond acceptors (Lipinski definition) is 2. The molecule has 3 aliphatic heterocycles. The van der Waals surface area contributed by atoms with Crippen molar-refractivity contribution in [2.75, 3.05) is 66.5 Å². The molecule has 0 saturated carbocycles. The summed E-state index contributed by atoms with van der Waals surface area (Å²) in [6.45, 7) is 10.9. The highest BCUT2D eigenvalue weighted by Crippen LogP contribution is 2.19. The first-order valence-electron chi connectivity index (χ1n) is 5.92. The summed E-state index contributed by atoms with van der Waals surface area (Å²) in [5.74, 6) is 0. The maximum absolute atomic E-state index is 2.62. The molecule has 0 aliphatic carbocycles. The van der Waals surface area contributed by atoms with Crippen molar-refractivity contribution in [1.29, 1.82) is 0 Å². The minimum Gasteiger partial charge on any atom is -1.00 e. The maximum Gasteiger partial charge on any atom is 0.0916 e. The molecular formula is C11H24ClN3. The molecule has 3 fully saturated rings. The quantitative estimate of drug-likeness (QED) is 0.481. The molecule has 3 saturated heterocycles. The van der Waals surface area contributed by atoms with Crippen LogP contribution in [0.25, 0.3) is 0 Å². The largest absolute Gasteiger partial charge is 1.00 e. The molecule has 90 valence electrons. The van der Waals surface area contributed by atoms with Gasteiger partial charge < -0.3 is 21.8 Å². The van der Waals surface area contributed by atoms with Gasteiger partial charge in [-0.15, -0.1) is 0 Å². The molecule has 0 radical (unpaired) electrons. The molecule has 0 aromatic rings. The van der Waals surface area contributed by atoms with E-state index in [0.29, 0.717) is 0 Å². The lowest BCUT2D eigenvalue weighted by molar-refractivity contribution is -0.941. The predicted molar refractivity (Wildman–Crippen MR) is 59.3 cm³/mol. The van der Waals surface area contributed by atoms with E-state index in [-0.39, 0.29) is 12.4 Å². The third kappa shape index (κ3) is 3.31. The van der Waals surface area contributed by atoms with E-state index in [0.717, 1.165) is 0 Å². The lowest BCUT2D eigenvalue weighted by Gasteiger charge is -2.50. The van der Waals surface area contributed by atoms with Crippen LogP contribution >= 0.6 is 0 Å². The summed E-state index contributed by atoms with van der Waals surface area (Å²) in [6, 6.07) is 0. The lowest BCUT2D eigenvalue weighted by atomic mass is 10.1. The summed E-state index contributed by atoms with van der Waals surface area (Å²) in [5.41, 5.74) is 0. The number of piperazine rings is 3. The zero-order chi connectivity index (χ0) is 10.0. The molecule has 0 spiro atoms. The van der Waals surface area contributed by atoms with Crippen LogP contribution in [0.1, 0.15) is 6.42 Å². The first-order chi connectivity index (χ1) is 6.70. The molecule has 3 heterocycles. The molecule has 3 nitrogen and oxygen atoms in total. The van der Waals surface area contributed by atoms with Crippen molar-refractivity contribution < 1.29 is 16.9 Å². The van der Waals surface area contributed by atoms with E-state index in [4.69, 9.17) is 0 Å². The van der Waals surface area contributed by atoms with Crippen molar-refractivity contribution in [3.8, 4) is 0 Å². The van der Waals surface area contributed by atoms with Crippen LogP contribution in [0.15, 0.2) is 0 Å². The number of quaternary nitrogens is 1. The molecular weight excluding hydrogens is 210 g/mol. The Morgan fingerprint density at radius 1 is 1.07 bits per heavy atom. The van der Waals surface area contributed by atoms with E-state index >= 15 is 0 Å². The van der Waals surface area contributed by atoms with Gasteiger partial charge in [-0.2, -0.15) is 0 Å². The Balaban J connectivity index is 0.00000112. The molecule has 0 unspecified atom stereocenters. The fraction of sp³-hybridized carbons (Fsp3) is 1.00. The van der Waals surface area contributed by atoms with Crippen molar-refractivity contribution in [3.63, 3.8) is 0 Å². The Kier molecular flexibility index (Phi) is 4.84. The summed E-state index contributed by atoms with van der Waals surface area (Å²) in [5, 5.41) is 0. The minimum absolute atomic E-state index is 0. The summed E-state index contributed by atoms with van der Waals surface area (Å²) >= 11 is 0. The molecule has 0 aromatic carbocycles. The highest BCUT2D eigenvalue weighted by atomic mass is 35.5. The van der Waals surface area contributed by atoms with Gasteiger partial charge in [0.1, 0.15) is 0 Å². The second-order valence-electron chi connectivity index (χ2n) is 5.23. The van der Waals surface area contributed by atoms with E-state index in [1.807, 2.05) is 0 Å². The van der Waals surface area contributed by atoms with Gasteiger partial charge in [0.25, 0.3) is 0 Å². The average Bonchev–Trinajstić information content (AvgIpc) is 2.19. The van der Waals surface area contributed by atoms with Crippen LogP contribution in [0.4, 0.5) is 0 Å². The molecule has 0 aromatic heterocycles. The van der Waals surface area contributed by atoms with Crippen molar-refractivity contribution in [2.45, 2.75) is 6.42 Å². The van der Waals surface area contributed by atoms with E-state index in [1.165, 1.54) is 63.3 Å². The molecule has 3 rings (SSSR count). The Morgan fingerprint density at radius 2 is 1.60 bits per heavy atom. The van der Waals surface area contributed by atoms with E-state index < -0.39 is 0 Å². The minimum atomic E-state index is 0. The van der Waals surface area contributed by atoms with Gasteiger partial charge in [-0.3, -0.25) is 4.90 Å². The first kappa shape index (κ1) is 13.2. The van der Waals surface area contributed by atoms with Crippen molar-refractivity contribution in [3.05, 3.63) is 0 Å². The summed E-state index contributed by atoms with van der Waals surface area (Å²) in [4.78, 5) is 4.92. The SMILES string of the molecule is CN(C)CCC[N+]12CCN(CC1)CC2.[Cl-]. The third-order valence-corrected chi connectivity index (χ3v) is 3.91. The average molecular weight is 234 g/mol. The summed E-state index contributed by atoms with van der Waals surface area (Å²) < 4.78 is 1.42. The standard InChI is InChI=1S/C11H24N3.ClH/c1-12(2)4-3-8-14-9-5-13(6-10-14)7-11-14;/h3-11H2,1-2H3;1H/q+1;/p-1. The summed E-state index contributed by atoms with van der Waals surface area (Å²) in [6.07, 6.45) is 1.37. The normalized spacial score (nSPS) is 34.2. The first-order valence-corrected chi connectivity index (χ1v) is 5.92. The van der Waals surface area contributed by atoms with Crippen molar-refractivity contribution >= 4 is 0 Å². The third-order valence-electron chi connectivity index (χ3n) is 3.91. The van der Waals surface area contributed by atoms with Gasteiger partial charge in [-0.1, -0.05) is 0 Å². The fourth-order valence-corrected chi connectivity index (χ4v) is 2.79. The van der Waals surface area contributed by atoms with Crippen LogP contribution in [-0.4, -0.2) is 80.7 Å². The Labute approximate surface area is 100 Å². The molecule has 0 amide bonds. The van der Waals surface area contributed by atoms with Gasteiger partial charge >= 0.3 is 0 Å². The van der Waals surface area contributed by atoms with E-state index in [2.05, 4.69) is 23.9 Å². The molecule has 0 atom stereocenters. The van der Waals surface area contributed by atoms with Crippen molar-refractivity contribution in [2.24, 2.45) is 0 Å². The van der Waals surface area contributed by atoms with Crippen LogP contribution in [-0.2, 0) is 0 Å². The van der Waals surface area contributed by atoms with Gasteiger partial charge in [0.15, 0.2) is 0 Å². The molecule has 15 heavy (non-hydrogen) atoms. The van der Waals surface area contributed by atoms with Gasteiger partial charge in [0.2, 0.25) is 0 Å². The highest BCUT2D eigenvalue weighted by Gasteiger charge is 2.37. The van der Waals surface area contributed by atoms with Gasteiger partial charge in [-0.05, 0) is 14.1 Å². The lowest BCUT2D eigenvalue weighted by Crippen LogP contribution is -3.00. The Morgan fingerprint density at radius 3 is 2.07 bits per heavy atom. The van der Waals surface area contributed by atoms with Gasteiger partial charge in [0, 0.05) is 32.6 Å². The molecule has 2 bridgehead atoms. The Hall–Kier alpha value is 0.170. The van der Waals surface area contributed by atoms with E-state index in [9.17, 15) is 0 Å². The number of hydrogen-bond donors (Lipinski definition) is 0. The predicted octanol–water partition coefficient (Wildman–Crippen LogP) is -2.91. The number of fused-ring (bicyclic) bond motifs is 3. The van der Waals surface area contributed by atoms with Gasteiger partial charge in [0.05, 0.1) is 26.2 Å². The van der Waals surface area contributed by atoms with Crippen molar-refractivity contribution in [1.82, 2.24) is 9.80 Å². The smallest absolute Gasteiger partial charge is 0.0916 e.